The Kier molecular flexibility index (Phi) is 11.1. The van der Waals surface area contributed by atoms with Crippen molar-refractivity contribution in [2.24, 2.45) is 0 Å². The Balaban J connectivity index is 2.88. The number of hydrogen-bond acceptors (Lipinski definition) is 2. The van der Waals surface area contributed by atoms with Crippen LogP contribution >= 0.6 is 0 Å². The molecule has 0 saturated heterocycles. The summed E-state index contributed by atoms with van der Waals surface area (Å²) in [7, 11) is 0. The monoisotopic (exact) mass is 442 g/mol. The van der Waals surface area contributed by atoms with Gasteiger partial charge in [0.15, 0.2) is 0 Å². The summed E-state index contributed by atoms with van der Waals surface area (Å²) in [5.41, 5.74) is 0.899. The molecule has 1 rings (SSSR count). The van der Waals surface area contributed by atoms with Gasteiger partial charge in [-0.05, 0) is 0 Å². The number of unbranched alkanes of at least 4 members (excludes halogenated alkanes) is 3. The average Bonchev–Trinajstić information content (AvgIpc) is 3.13. The molecule has 0 radical (unpaired) electrons. The molecule has 0 bridgehead atoms. The fourth-order valence-corrected chi connectivity index (χ4v) is 19.5. The van der Waals surface area contributed by atoms with E-state index in [1.54, 1.807) is 16.1 Å². The van der Waals surface area contributed by atoms with Gasteiger partial charge in [0.2, 0.25) is 0 Å². The third-order valence-electron chi connectivity index (χ3n) is 5.44. The van der Waals surface area contributed by atoms with Gasteiger partial charge in [-0.2, -0.15) is 0 Å². The summed E-state index contributed by atoms with van der Waals surface area (Å²) >= 11 is -2.27. The van der Waals surface area contributed by atoms with Crippen molar-refractivity contribution in [3.05, 3.63) is 33.8 Å². The Morgan fingerprint density at radius 1 is 1.08 bits per heavy atom. The Morgan fingerprint density at radius 3 is 2.04 bits per heavy atom. The molecule has 24 heavy (non-hydrogen) atoms. The topological polar surface area (TPSA) is 33.4 Å². The van der Waals surface area contributed by atoms with E-state index in [4.69, 9.17) is 4.42 Å². The first-order valence-electron chi connectivity index (χ1n) is 9.97. The van der Waals surface area contributed by atoms with E-state index in [1.165, 1.54) is 51.8 Å². The van der Waals surface area contributed by atoms with Gasteiger partial charge in [-0.15, -0.1) is 0 Å². The van der Waals surface area contributed by atoms with Gasteiger partial charge in [0.05, 0.1) is 0 Å². The second kappa shape index (κ2) is 12.2. The van der Waals surface area contributed by atoms with Gasteiger partial charge < -0.3 is 0 Å². The first kappa shape index (κ1) is 21.8. The van der Waals surface area contributed by atoms with E-state index in [2.05, 4.69) is 33.8 Å². The summed E-state index contributed by atoms with van der Waals surface area (Å²) in [5, 5.41) is 10.4. The number of hydrogen-bond donors (Lipinski definition) is 1. The quantitative estimate of drug-likeness (QED) is 0.333. The number of rotatable bonds is 13. The number of allylic oxidation sites excluding steroid dienone is 1. The van der Waals surface area contributed by atoms with Crippen LogP contribution in [0.1, 0.15) is 84.3 Å². The average molecular weight is 441 g/mol. The third-order valence-corrected chi connectivity index (χ3v) is 22.0. The maximum atomic E-state index is 10.4. The second-order valence-electron chi connectivity index (χ2n) is 7.29. The van der Waals surface area contributed by atoms with Crippen molar-refractivity contribution < 1.29 is 9.52 Å². The van der Waals surface area contributed by atoms with Crippen LogP contribution in [0.25, 0.3) is 0 Å². The molecule has 0 aliphatic heterocycles. The van der Waals surface area contributed by atoms with E-state index in [0.29, 0.717) is 0 Å². The predicted molar refractivity (Wildman–Crippen MR) is 107 cm³/mol. The van der Waals surface area contributed by atoms with Crippen molar-refractivity contribution in [1.29, 1.82) is 0 Å². The molecule has 2 nitrogen and oxygen atoms in total. The normalized spacial score (nSPS) is 14.1. The van der Waals surface area contributed by atoms with Crippen LogP contribution in [0.5, 0.6) is 0 Å². The molecule has 0 aliphatic carbocycles. The Hall–Kier alpha value is -0.221. The summed E-state index contributed by atoms with van der Waals surface area (Å²) in [5.74, 6) is 0. The molecule has 1 heterocycles. The van der Waals surface area contributed by atoms with Crippen molar-refractivity contribution in [3.8, 4) is 0 Å². The van der Waals surface area contributed by atoms with Crippen LogP contribution in [0.15, 0.2) is 32.7 Å². The summed E-state index contributed by atoms with van der Waals surface area (Å²) < 4.78 is 11.3. The second-order valence-corrected chi connectivity index (χ2v) is 21.1. The first-order chi connectivity index (χ1) is 11.6. The van der Waals surface area contributed by atoms with Gasteiger partial charge in [0.25, 0.3) is 0 Å². The fraction of sp³-hybridized carbons (Fsp3) is 0.714. The molecule has 0 amide bonds. The maximum absolute atomic E-state index is 10.4. The fourth-order valence-electron chi connectivity index (χ4n) is 3.62. The van der Waals surface area contributed by atoms with Gasteiger partial charge in [0, 0.05) is 0 Å². The predicted octanol–water partition coefficient (Wildman–Crippen LogP) is 7.04. The Bertz CT molecular complexity index is 429. The zero-order valence-corrected chi connectivity index (χ0v) is 19.2. The van der Waals surface area contributed by atoms with Crippen molar-refractivity contribution in [1.82, 2.24) is 0 Å². The molecule has 1 aromatic heterocycles. The molecule has 1 aromatic rings. The molecule has 0 fully saturated rings. The minimum atomic E-state index is -2.27. The summed E-state index contributed by atoms with van der Waals surface area (Å²) in [4.78, 5) is 0. The Labute approximate surface area is 153 Å². The third kappa shape index (κ3) is 6.95. The number of furan rings is 1. The van der Waals surface area contributed by atoms with Crippen molar-refractivity contribution in [2.75, 3.05) is 0 Å². The zero-order chi connectivity index (χ0) is 17.8. The molecule has 0 saturated carbocycles. The molecular weight excluding hydrogens is 403 g/mol. The summed E-state index contributed by atoms with van der Waals surface area (Å²) in [6.45, 7) is 9.34. The van der Waals surface area contributed by atoms with Crippen molar-refractivity contribution in [2.45, 2.75) is 92.1 Å². The van der Waals surface area contributed by atoms with Gasteiger partial charge in [-0.1, -0.05) is 0 Å². The van der Waals surface area contributed by atoms with E-state index in [-0.39, 0.29) is 0 Å². The molecular formula is C21H38O2Sn. The molecule has 3 heteroatoms. The first-order valence-corrected chi connectivity index (χ1v) is 17.4. The molecule has 1 N–H and O–H groups in total. The van der Waals surface area contributed by atoms with E-state index in [0.717, 1.165) is 12.0 Å². The number of aliphatic hydroxyl groups is 1. The van der Waals surface area contributed by atoms with Crippen LogP contribution in [0.2, 0.25) is 13.3 Å². The van der Waals surface area contributed by atoms with Crippen LogP contribution in [0.4, 0.5) is 0 Å². The molecule has 0 spiro atoms. The van der Waals surface area contributed by atoms with Gasteiger partial charge in [0.1, 0.15) is 0 Å². The van der Waals surface area contributed by atoms with Gasteiger partial charge in [-0.25, -0.2) is 0 Å². The van der Waals surface area contributed by atoms with Crippen LogP contribution in [-0.4, -0.2) is 23.5 Å². The van der Waals surface area contributed by atoms with Crippen molar-refractivity contribution >= 4 is 18.4 Å². The summed E-state index contributed by atoms with van der Waals surface area (Å²) in [6, 6.07) is 1.87. The molecule has 0 aromatic carbocycles. The van der Waals surface area contributed by atoms with E-state index >= 15 is 0 Å². The molecule has 0 aliphatic rings. The van der Waals surface area contributed by atoms with Crippen molar-refractivity contribution in [3.63, 3.8) is 0 Å². The van der Waals surface area contributed by atoms with E-state index in [9.17, 15) is 5.11 Å². The van der Waals surface area contributed by atoms with E-state index in [1.807, 2.05) is 6.07 Å². The number of aliphatic hydroxyl groups excluding tert-OH is 1. The van der Waals surface area contributed by atoms with Crippen LogP contribution in [0, 0.1) is 0 Å². The zero-order valence-electron chi connectivity index (χ0n) is 16.3. The van der Waals surface area contributed by atoms with Crippen LogP contribution < -0.4 is 0 Å². The molecule has 138 valence electrons. The van der Waals surface area contributed by atoms with Gasteiger partial charge in [-0.3, -0.25) is 0 Å². The molecule has 0 unspecified atom stereocenters. The standard InChI is InChI=1S/C9H11O2.3C4H9.Sn/c1-2-3-4-9(10)8-5-6-11-7-8;3*1-3-4-2;/h3,5-7,9-10H,4H2,1H3;3*1,3-4H2,2H3;/t9-;;;;/m0..../s1. The van der Waals surface area contributed by atoms with E-state index < -0.39 is 24.5 Å². The minimum absolute atomic E-state index is 0.425. The van der Waals surface area contributed by atoms with Crippen LogP contribution in [-0.2, 0) is 0 Å². The molecule has 1 atom stereocenters. The van der Waals surface area contributed by atoms with Crippen LogP contribution in [0.3, 0.4) is 0 Å². The van der Waals surface area contributed by atoms with Gasteiger partial charge >= 0.3 is 154 Å². The SMILES string of the molecule is CCC[CH2][Sn]([CH2]CCC)([CH2]CCC)/[C](C)=C/C[C@H](O)c1ccoc1. The summed E-state index contributed by atoms with van der Waals surface area (Å²) in [6.07, 6.45) is 14.1. The Morgan fingerprint density at radius 2 is 1.62 bits per heavy atom.